The molecule has 0 unspecified atom stereocenters. The van der Waals surface area contributed by atoms with Crippen molar-refractivity contribution in [2.45, 2.75) is 26.6 Å². The van der Waals surface area contributed by atoms with Crippen molar-refractivity contribution < 1.29 is 22.7 Å². The molecule has 0 spiro atoms. The number of pyridine rings is 1. The first kappa shape index (κ1) is 23.3. The van der Waals surface area contributed by atoms with E-state index in [4.69, 9.17) is 16.3 Å². The third-order valence-electron chi connectivity index (χ3n) is 4.64. The Hall–Kier alpha value is -3.34. The van der Waals surface area contributed by atoms with Crippen LogP contribution >= 0.6 is 11.6 Å². The minimum absolute atomic E-state index is 0.0128. The lowest BCUT2D eigenvalue weighted by molar-refractivity contribution is -0.137. The Labute approximate surface area is 184 Å². The maximum atomic E-state index is 13.1. The molecule has 1 N–H and O–H groups in total. The van der Waals surface area contributed by atoms with Gasteiger partial charge in [-0.2, -0.15) is 13.2 Å². The van der Waals surface area contributed by atoms with Gasteiger partial charge in [0, 0.05) is 18.8 Å². The summed E-state index contributed by atoms with van der Waals surface area (Å²) in [5.74, 6) is -0.684. The molecule has 3 aromatic rings. The lowest BCUT2D eigenvalue weighted by Gasteiger charge is -2.15. The SMILES string of the molecule is CCOc1c(C)cnc2c1c(=O)n(CC(=O)Nc1cc(C(F)(F)F)ccc1Cl)c(=O)n2C. The monoisotopic (exact) mass is 470 g/mol. The third-order valence-corrected chi connectivity index (χ3v) is 4.97. The number of anilines is 1. The Balaban J connectivity index is 2.05. The minimum Gasteiger partial charge on any atom is -0.493 e. The van der Waals surface area contributed by atoms with Gasteiger partial charge in [-0.05, 0) is 32.0 Å². The fourth-order valence-corrected chi connectivity index (χ4v) is 3.29. The van der Waals surface area contributed by atoms with Gasteiger partial charge in [0.25, 0.3) is 5.56 Å². The van der Waals surface area contributed by atoms with Gasteiger partial charge in [0.05, 0.1) is 22.9 Å². The number of nitrogens with one attached hydrogen (secondary N) is 1. The summed E-state index contributed by atoms with van der Waals surface area (Å²) >= 11 is 5.89. The number of hydrogen-bond acceptors (Lipinski definition) is 5. The molecule has 0 atom stereocenters. The lowest BCUT2D eigenvalue weighted by atomic mass is 10.2. The van der Waals surface area contributed by atoms with Crippen LogP contribution in [0.5, 0.6) is 5.75 Å². The zero-order valence-corrected chi connectivity index (χ0v) is 18.0. The molecule has 32 heavy (non-hydrogen) atoms. The van der Waals surface area contributed by atoms with Crippen molar-refractivity contribution in [1.29, 1.82) is 0 Å². The molecule has 0 aliphatic rings. The van der Waals surface area contributed by atoms with Gasteiger partial charge in [0.15, 0.2) is 5.65 Å². The number of hydrogen-bond donors (Lipinski definition) is 1. The number of nitrogens with zero attached hydrogens (tertiary/aromatic N) is 3. The molecule has 2 heterocycles. The Bertz CT molecular complexity index is 1330. The van der Waals surface area contributed by atoms with Gasteiger partial charge in [-0.25, -0.2) is 14.3 Å². The average molecular weight is 471 g/mol. The van der Waals surface area contributed by atoms with Crippen molar-refractivity contribution in [3.05, 3.63) is 61.4 Å². The van der Waals surface area contributed by atoms with E-state index in [1.54, 1.807) is 13.8 Å². The highest BCUT2D eigenvalue weighted by Gasteiger charge is 2.31. The number of benzene rings is 1. The van der Waals surface area contributed by atoms with Crippen LogP contribution in [-0.2, 0) is 24.6 Å². The number of carbonyl (C=O) groups is 1. The predicted octanol–water partition coefficient (Wildman–Crippen LogP) is 3.11. The van der Waals surface area contributed by atoms with Crippen LogP contribution in [-0.4, -0.2) is 26.6 Å². The fourth-order valence-electron chi connectivity index (χ4n) is 3.12. The van der Waals surface area contributed by atoms with Crippen molar-refractivity contribution in [1.82, 2.24) is 14.1 Å². The normalized spacial score (nSPS) is 11.6. The summed E-state index contributed by atoms with van der Waals surface area (Å²) in [6.07, 6.45) is -3.19. The maximum absolute atomic E-state index is 13.1. The number of fused-ring (bicyclic) bond motifs is 1. The van der Waals surface area contributed by atoms with Gasteiger partial charge < -0.3 is 10.1 Å². The lowest BCUT2D eigenvalue weighted by Crippen LogP contribution is -2.42. The second kappa shape index (κ2) is 8.65. The number of aromatic nitrogens is 3. The van der Waals surface area contributed by atoms with E-state index in [1.807, 2.05) is 0 Å². The molecule has 170 valence electrons. The molecule has 1 amide bonds. The largest absolute Gasteiger partial charge is 0.493 e. The fraction of sp³-hybridized carbons (Fsp3) is 0.300. The number of alkyl halides is 3. The summed E-state index contributed by atoms with van der Waals surface area (Å²) < 4.78 is 46.1. The second-order valence-corrected chi connectivity index (χ2v) is 7.28. The standard InChI is InChI=1S/C20H18ClF3N4O4/c1-4-32-16-10(2)8-25-17-15(16)18(30)28(19(31)27(17)3)9-14(29)26-13-7-11(20(22,23)24)5-6-12(13)21/h5-8H,4,9H2,1-3H3,(H,26,29). The Morgan fingerprint density at radius 2 is 1.97 bits per heavy atom. The Kier molecular flexibility index (Phi) is 6.31. The number of rotatable bonds is 5. The molecule has 0 bridgehead atoms. The summed E-state index contributed by atoms with van der Waals surface area (Å²) in [5, 5.41) is 2.10. The highest BCUT2D eigenvalue weighted by Crippen LogP contribution is 2.33. The predicted molar refractivity (Wildman–Crippen MR) is 112 cm³/mol. The van der Waals surface area contributed by atoms with E-state index in [0.29, 0.717) is 16.2 Å². The van der Waals surface area contributed by atoms with Gasteiger partial charge in [-0.1, -0.05) is 11.6 Å². The molecule has 0 saturated carbocycles. The Morgan fingerprint density at radius 1 is 1.28 bits per heavy atom. The van der Waals surface area contributed by atoms with E-state index >= 15 is 0 Å². The molecule has 1 aromatic carbocycles. The number of ether oxygens (including phenoxy) is 1. The van der Waals surface area contributed by atoms with Crippen LogP contribution in [0.25, 0.3) is 11.0 Å². The van der Waals surface area contributed by atoms with Crippen LogP contribution in [0.3, 0.4) is 0 Å². The summed E-state index contributed by atoms with van der Waals surface area (Å²) in [7, 11) is 1.38. The molecule has 12 heteroatoms. The minimum atomic E-state index is -4.64. The molecule has 3 rings (SSSR count). The Morgan fingerprint density at radius 3 is 2.59 bits per heavy atom. The van der Waals surface area contributed by atoms with Gasteiger partial charge in [-0.15, -0.1) is 0 Å². The number of aryl methyl sites for hydroxylation is 2. The highest BCUT2D eigenvalue weighted by atomic mass is 35.5. The highest BCUT2D eigenvalue weighted by molar-refractivity contribution is 6.33. The second-order valence-electron chi connectivity index (χ2n) is 6.88. The molecular weight excluding hydrogens is 453 g/mol. The number of amides is 1. The first-order valence-electron chi connectivity index (χ1n) is 9.34. The third kappa shape index (κ3) is 4.33. The van der Waals surface area contributed by atoms with Crippen LogP contribution in [0.4, 0.5) is 18.9 Å². The number of halogens is 4. The van der Waals surface area contributed by atoms with Crippen LogP contribution in [0, 0.1) is 6.92 Å². The van der Waals surface area contributed by atoms with Crippen molar-refractivity contribution in [3.8, 4) is 5.75 Å². The zero-order chi connectivity index (χ0) is 23.8. The van der Waals surface area contributed by atoms with Crippen molar-refractivity contribution in [2.24, 2.45) is 7.05 Å². The maximum Gasteiger partial charge on any atom is 0.416 e. The van der Waals surface area contributed by atoms with Crippen molar-refractivity contribution in [2.75, 3.05) is 11.9 Å². The van der Waals surface area contributed by atoms with Gasteiger partial charge in [-0.3, -0.25) is 14.2 Å². The molecule has 0 radical (unpaired) electrons. The molecule has 0 fully saturated rings. The van der Waals surface area contributed by atoms with Crippen LogP contribution < -0.4 is 21.3 Å². The summed E-state index contributed by atoms with van der Waals surface area (Å²) in [6.45, 7) is 2.89. The van der Waals surface area contributed by atoms with Crippen LogP contribution in [0.1, 0.15) is 18.1 Å². The first-order chi connectivity index (χ1) is 15.0. The first-order valence-corrected chi connectivity index (χ1v) is 9.72. The van der Waals surface area contributed by atoms with E-state index in [1.165, 1.54) is 13.2 Å². The van der Waals surface area contributed by atoms with Gasteiger partial charge in [0.1, 0.15) is 17.7 Å². The summed E-state index contributed by atoms with van der Waals surface area (Å²) in [5.41, 5.74) is -2.32. The van der Waals surface area contributed by atoms with Crippen LogP contribution in [0.2, 0.25) is 5.02 Å². The van der Waals surface area contributed by atoms with E-state index < -0.39 is 35.4 Å². The van der Waals surface area contributed by atoms with E-state index in [0.717, 1.165) is 16.7 Å². The van der Waals surface area contributed by atoms with E-state index in [-0.39, 0.29) is 34.1 Å². The molecule has 0 aliphatic heterocycles. The molecule has 2 aromatic heterocycles. The van der Waals surface area contributed by atoms with Crippen LogP contribution in [0.15, 0.2) is 34.0 Å². The van der Waals surface area contributed by atoms with Crippen molar-refractivity contribution >= 4 is 34.2 Å². The average Bonchev–Trinajstić information content (AvgIpc) is 2.72. The zero-order valence-electron chi connectivity index (χ0n) is 17.2. The molecule has 0 aliphatic carbocycles. The topological polar surface area (TPSA) is 95.2 Å². The van der Waals surface area contributed by atoms with E-state index in [9.17, 15) is 27.6 Å². The van der Waals surface area contributed by atoms with Gasteiger partial charge in [0.2, 0.25) is 5.91 Å². The molecule has 0 saturated heterocycles. The van der Waals surface area contributed by atoms with Gasteiger partial charge >= 0.3 is 11.9 Å². The smallest absolute Gasteiger partial charge is 0.416 e. The summed E-state index contributed by atoms with van der Waals surface area (Å²) in [4.78, 5) is 42.4. The van der Waals surface area contributed by atoms with Crippen molar-refractivity contribution in [3.63, 3.8) is 0 Å². The molecule has 8 nitrogen and oxygen atoms in total. The summed E-state index contributed by atoms with van der Waals surface area (Å²) in [6, 6.07) is 2.43. The quantitative estimate of drug-likeness (QED) is 0.618. The number of carbonyl (C=O) groups excluding carboxylic acids is 1. The molecular formula is C20H18ClF3N4O4. The van der Waals surface area contributed by atoms with E-state index in [2.05, 4.69) is 10.3 Å².